The van der Waals surface area contributed by atoms with Crippen molar-refractivity contribution >= 4 is 23.2 Å². The number of halogens is 2. The molecule has 1 aromatic carbocycles. The molecule has 0 radical (unpaired) electrons. The Kier molecular flexibility index (Phi) is 4.20. The van der Waals surface area contributed by atoms with Gasteiger partial charge in [0.15, 0.2) is 11.6 Å². The minimum absolute atomic E-state index is 0.228. The summed E-state index contributed by atoms with van der Waals surface area (Å²) in [6.45, 7) is 1.90. The van der Waals surface area contributed by atoms with E-state index in [2.05, 4.69) is 10.3 Å². The first-order chi connectivity index (χ1) is 9.49. The first-order valence-corrected chi connectivity index (χ1v) is 6.33. The van der Waals surface area contributed by atoms with Gasteiger partial charge >= 0.3 is 0 Å². The standard InChI is InChI=1S/C14H12ClFN2O2/c1-2-9-5-8(6-13(15)17-9)14(20)18-10-3-4-12(19)11(16)7-10/h3-7,19H,2H2,1H3,(H,18,20). The molecule has 1 aromatic heterocycles. The van der Waals surface area contributed by atoms with Crippen molar-refractivity contribution in [3.8, 4) is 5.75 Å². The zero-order chi connectivity index (χ0) is 14.7. The van der Waals surface area contributed by atoms with Crippen LogP contribution in [0.3, 0.4) is 0 Å². The number of anilines is 1. The number of aryl methyl sites for hydroxylation is 1. The van der Waals surface area contributed by atoms with Gasteiger partial charge in [-0.2, -0.15) is 0 Å². The van der Waals surface area contributed by atoms with Gasteiger partial charge in [0, 0.05) is 23.0 Å². The number of pyridine rings is 1. The summed E-state index contributed by atoms with van der Waals surface area (Å²) in [7, 11) is 0. The summed E-state index contributed by atoms with van der Waals surface area (Å²) in [5, 5.41) is 11.8. The molecule has 2 aromatic rings. The summed E-state index contributed by atoms with van der Waals surface area (Å²) < 4.78 is 13.2. The number of amides is 1. The van der Waals surface area contributed by atoms with Crippen LogP contribution < -0.4 is 5.32 Å². The molecule has 6 heteroatoms. The summed E-state index contributed by atoms with van der Waals surface area (Å²) in [6, 6.07) is 6.67. The average molecular weight is 295 g/mol. The SMILES string of the molecule is CCc1cc(C(=O)Nc2ccc(O)c(F)c2)cc(Cl)n1. The maximum atomic E-state index is 13.2. The highest BCUT2D eigenvalue weighted by molar-refractivity contribution is 6.29. The van der Waals surface area contributed by atoms with Crippen molar-refractivity contribution in [3.05, 3.63) is 52.6 Å². The number of carbonyl (C=O) groups is 1. The van der Waals surface area contributed by atoms with E-state index in [1.165, 1.54) is 18.2 Å². The number of benzene rings is 1. The predicted octanol–water partition coefficient (Wildman–Crippen LogP) is 3.39. The number of hydrogen-bond donors (Lipinski definition) is 2. The summed E-state index contributed by atoms with van der Waals surface area (Å²) in [5.41, 5.74) is 1.28. The maximum absolute atomic E-state index is 13.2. The molecule has 0 aliphatic rings. The van der Waals surface area contributed by atoms with Crippen LogP contribution in [0, 0.1) is 5.82 Å². The van der Waals surface area contributed by atoms with E-state index in [9.17, 15) is 9.18 Å². The molecule has 0 saturated heterocycles. The van der Waals surface area contributed by atoms with Crippen molar-refractivity contribution in [2.24, 2.45) is 0 Å². The van der Waals surface area contributed by atoms with Gasteiger partial charge in [0.1, 0.15) is 5.15 Å². The Hall–Kier alpha value is -2.14. The second kappa shape index (κ2) is 5.88. The van der Waals surface area contributed by atoms with Gasteiger partial charge in [-0.25, -0.2) is 9.37 Å². The summed E-state index contributed by atoms with van der Waals surface area (Å²) >= 11 is 5.84. The van der Waals surface area contributed by atoms with E-state index < -0.39 is 17.5 Å². The minimum Gasteiger partial charge on any atom is -0.505 e. The number of aromatic hydroxyl groups is 1. The quantitative estimate of drug-likeness (QED) is 0.674. The molecular formula is C14H12ClFN2O2. The summed E-state index contributed by atoms with van der Waals surface area (Å²) in [5.74, 6) is -1.69. The number of nitrogens with zero attached hydrogens (tertiary/aromatic N) is 1. The first-order valence-electron chi connectivity index (χ1n) is 5.96. The van der Waals surface area contributed by atoms with E-state index in [0.29, 0.717) is 17.7 Å². The number of aromatic nitrogens is 1. The highest BCUT2D eigenvalue weighted by Gasteiger charge is 2.10. The van der Waals surface area contributed by atoms with Crippen LogP contribution in [0.1, 0.15) is 23.0 Å². The fraction of sp³-hybridized carbons (Fsp3) is 0.143. The molecule has 4 nitrogen and oxygen atoms in total. The molecule has 0 saturated carbocycles. The van der Waals surface area contributed by atoms with E-state index in [-0.39, 0.29) is 10.8 Å². The fourth-order valence-electron chi connectivity index (χ4n) is 1.65. The number of hydrogen-bond acceptors (Lipinski definition) is 3. The van der Waals surface area contributed by atoms with Gasteiger partial charge in [-0.3, -0.25) is 4.79 Å². The van der Waals surface area contributed by atoms with Crippen molar-refractivity contribution in [2.45, 2.75) is 13.3 Å². The Morgan fingerprint density at radius 3 is 2.80 bits per heavy atom. The van der Waals surface area contributed by atoms with Crippen molar-refractivity contribution in [2.75, 3.05) is 5.32 Å². The molecule has 1 amide bonds. The van der Waals surface area contributed by atoms with Crippen molar-refractivity contribution in [1.82, 2.24) is 4.98 Å². The second-order valence-electron chi connectivity index (χ2n) is 4.14. The summed E-state index contributed by atoms with van der Waals surface area (Å²) in [6.07, 6.45) is 0.647. The van der Waals surface area contributed by atoms with Gasteiger partial charge in [0.05, 0.1) is 0 Å². The Morgan fingerprint density at radius 1 is 1.40 bits per heavy atom. The van der Waals surface area contributed by atoms with Crippen LogP contribution in [-0.2, 0) is 6.42 Å². The molecule has 0 spiro atoms. The third-order valence-corrected chi connectivity index (χ3v) is 2.87. The number of nitrogens with one attached hydrogen (secondary N) is 1. The molecule has 2 rings (SSSR count). The van der Waals surface area contributed by atoms with Crippen LogP contribution >= 0.6 is 11.6 Å². The van der Waals surface area contributed by atoms with Crippen LogP contribution in [-0.4, -0.2) is 16.0 Å². The molecule has 0 aliphatic carbocycles. The van der Waals surface area contributed by atoms with E-state index in [1.54, 1.807) is 6.07 Å². The van der Waals surface area contributed by atoms with Crippen molar-refractivity contribution < 1.29 is 14.3 Å². The number of carbonyl (C=O) groups excluding carboxylic acids is 1. The largest absolute Gasteiger partial charge is 0.505 e. The highest BCUT2D eigenvalue weighted by Crippen LogP contribution is 2.20. The van der Waals surface area contributed by atoms with Gasteiger partial charge in [-0.15, -0.1) is 0 Å². The lowest BCUT2D eigenvalue weighted by atomic mass is 10.2. The van der Waals surface area contributed by atoms with Crippen LogP contribution in [0.4, 0.5) is 10.1 Å². The van der Waals surface area contributed by atoms with Crippen LogP contribution in [0.5, 0.6) is 5.75 Å². The zero-order valence-electron chi connectivity index (χ0n) is 10.7. The van der Waals surface area contributed by atoms with E-state index in [1.807, 2.05) is 6.92 Å². The maximum Gasteiger partial charge on any atom is 0.255 e. The average Bonchev–Trinajstić information content (AvgIpc) is 2.42. The van der Waals surface area contributed by atoms with Gasteiger partial charge in [-0.05, 0) is 30.7 Å². The molecule has 20 heavy (non-hydrogen) atoms. The number of phenolic OH excluding ortho intramolecular Hbond substituents is 1. The fourth-order valence-corrected chi connectivity index (χ4v) is 1.88. The normalized spacial score (nSPS) is 10.3. The molecule has 0 fully saturated rings. The van der Waals surface area contributed by atoms with E-state index in [0.717, 1.165) is 6.07 Å². The topological polar surface area (TPSA) is 62.2 Å². The minimum atomic E-state index is -0.801. The Morgan fingerprint density at radius 2 is 2.15 bits per heavy atom. The molecule has 0 unspecified atom stereocenters. The smallest absolute Gasteiger partial charge is 0.255 e. The summed E-state index contributed by atoms with van der Waals surface area (Å²) in [4.78, 5) is 16.1. The predicted molar refractivity (Wildman–Crippen MR) is 74.6 cm³/mol. The number of rotatable bonds is 3. The third kappa shape index (κ3) is 3.24. The van der Waals surface area contributed by atoms with Crippen LogP contribution in [0.25, 0.3) is 0 Å². The monoisotopic (exact) mass is 294 g/mol. The van der Waals surface area contributed by atoms with Gasteiger partial charge < -0.3 is 10.4 Å². The number of phenols is 1. The Bertz CT molecular complexity index is 662. The molecule has 0 bridgehead atoms. The highest BCUT2D eigenvalue weighted by atomic mass is 35.5. The third-order valence-electron chi connectivity index (χ3n) is 2.68. The molecule has 2 N–H and O–H groups in total. The van der Waals surface area contributed by atoms with Gasteiger partial charge in [0.2, 0.25) is 0 Å². The lowest BCUT2D eigenvalue weighted by Crippen LogP contribution is -2.12. The van der Waals surface area contributed by atoms with Crippen LogP contribution in [0.2, 0.25) is 5.15 Å². The molecule has 0 aliphatic heterocycles. The molecule has 104 valence electrons. The van der Waals surface area contributed by atoms with Gasteiger partial charge in [-0.1, -0.05) is 18.5 Å². The van der Waals surface area contributed by atoms with Crippen molar-refractivity contribution in [3.63, 3.8) is 0 Å². The lowest BCUT2D eigenvalue weighted by molar-refractivity contribution is 0.102. The van der Waals surface area contributed by atoms with Gasteiger partial charge in [0.25, 0.3) is 5.91 Å². The van der Waals surface area contributed by atoms with Crippen molar-refractivity contribution in [1.29, 1.82) is 0 Å². The van der Waals surface area contributed by atoms with E-state index in [4.69, 9.17) is 16.7 Å². The lowest BCUT2D eigenvalue weighted by Gasteiger charge is -2.07. The molecular weight excluding hydrogens is 283 g/mol. The second-order valence-corrected chi connectivity index (χ2v) is 4.53. The zero-order valence-corrected chi connectivity index (χ0v) is 11.4. The Balaban J connectivity index is 2.23. The Labute approximate surface area is 120 Å². The van der Waals surface area contributed by atoms with Crippen LogP contribution in [0.15, 0.2) is 30.3 Å². The first kappa shape index (κ1) is 14.3. The van der Waals surface area contributed by atoms with E-state index >= 15 is 0 Å². The molecule has 1 heterocycles. The molecule has 0 atom stereocenters.